The summed E-state index contributed by atoms with van der Waals surface area (Å²) in [5.41, 5.74) is 1.94. The van der Waals surface area contributed by atoms with E-state index in [1.165, 1.54) is 17.7 Å². The highest BCUT2D eigenvalue weighted by atomic mass is 32.1. The maximum atomic E-state index is 13.8. The summed E-state index contributed by atoms with van der Waals surface area (Å²) in [6.45, 7) is 5.36. The molecule has 204 valence electrons. The van der Waals surface area contributed by atoms with Crippen molar-refractivity contribution in [2.24, 2.45) is 4.99 Å². The van der Waals surface area contributed by atoms with Crippen LogP contribution in [-0.2, 0) is 9.53 Å². The maximum absolute atomic E-state index is 13.8. The molecule has 0 N–H and O–H groups in total. The number of carbonyl (C=O) groups is 1. The number of methoxy groups -OCH3 is 1. The number of aromatic nitrogens is 1. The molecule has 1 aliphatic heterocycles. The van der Waals surface area contributed by atoms with E-state index in [1.54, 1.807) is 75.4 Å². The highest BCUT2D eigenvalue weighted by Crippen LogP contribution is 2.36. The van der Waals surface area contributed by atoms with E-state index in [0.717, 1.165) is 16.9 Å². The fraction of sp³-hybridized carbons (Fsp3) is 0.207. The van der Waals surface area contributed by atoms with E-state index in [4.69, 9.17) is 13.9 Å². The summed E-state index contributed by atoms with van der Waals surface area (Å²) in [5, 5.41) is 11.6. The lowest BCUT2D eigenvalue weighted by molar-refractivity contribution is -0.384. The van der Waals surface area contributed by atoms with E-state index in [0.29, 0.717) is 43.4 Å². The van der Waals surface area contributed by atoms with Gasteiger partial charge in [-0.25, -0.2) is 9.79 Å². The highest BCUT2D eigenvalue weighted by molar-refractivity contribution is 7.07. The summed E-state index contributed by atoms with van der Waals surface area (Å²) in [5.74, 6) is 0.585. The molecule has 5 rings (SSSR count). The van der Waals surface area contributed by atoms with Crippen molar-refractivity contribution < 1.29 is 23.6 Å². The monoisotopic (exact) mass is 559 g/mol. The molecule has 0 saturated carbocycles. The molecule has 0 fully saturated rings. The molecule has 2 aromatic carbocycles. The number of para-hydroxylation sites is 1. The zero-order chi connectivity index (χ0) is 28.6. The van der Waals surface area contributed by atoms with Crippen LogP contribution >= 0.6 is 11.3 Å². The lowest BCUT2D eigenvalue weighted by Crippen LogP contribution is -2.40. The molecule has 0 amide bonds. The van der Waals surface area contributed by atoms with Crippen LogP contribution < -0.4 is 19.6 Å². The lowest BCUT2D eigenvalue weighted by Gasteiger charge is -2.25. The minimum absolute atomic E-state index is 0.0703. The number of benzene rings is 2. The van der Waals surface area contributed by atoms with Gasteiger partial charge in [0.2, 0.25) is 0 Å². The maximum Gasteiger partial charge on any atom is 0.338 e. The van der Waals surface area contributed by atoms with Crippen LogP contribution in [-0.4, -0.2) is 29.2 Å². The third-order valence-electron chi connectivity index (χ3n) is 6.47. The number of esters is 1. The lowest BCUT2D eigenvalue weighted by atomic mass is 9.95. The number of aryl methyl sites for hydroxylation is 1. The van der Waals surface area contributed by atoms with Gasteiger partial charge in [0.15, 0.2) is 4.80 Å². The average molecular weight is 560 g/mol. The van der Waals surface area contributed by atoms with E-state index in [9.17, 15) is 19.7 Å². The molecule has 0 bridgehead atoms. The van der Waals surface area contributed by atoms with Crippen molar-refractivity contribution in [1.82, 2.24) is 4.57 Å². The van der Waals surface area contributed by atoms with Crippen LogP contribution in [0.25, 0.3) is 17.4 Å². The molecule has 0 spiro atoms. The molecule has 0 radical (unpaired) electrons. The van der Waals surface area contributed by atoms with Crippen LogP contribution in [0.1, 0.15) is 36.8 Å². The van der Waals surface area contributed by atoms with E-state index >= 15 is 0 Å². The Morgan fingerprint density at radius 1 is 1.20 bits per heavy atom. The number of ether oxygens (including phenoxy) is 2. The van der Waals surface area contributed by atoms with Gasteiger partial charge >= 0.3 is 5.97 Å². The molecule has 1 aliphatic rings. The van der Waals surface area contributed by atoms with E-state index < -0.39 is 16.9 Å². The number of allylic oxidation sites excluding steroid dienone is 1. The van der Waals surface area contributed by atoms with Gasteiger partial charge in [0.25, 0.3) is 11.2 Å². The van der Waals surface area contributed by atoms with Crippen LogP contribution in [0.4, 0.5) is 5.69 Å². The van der Waals surface area contributed by atoms with Crippen molar-refractivity contribution in [2.45, 2.75) is 26.8 Å². The van der Waals surface area contributed by atoms with Crippen LogP contribution in [0, 0.1) is 17.0 Å². The fourth-order valence-electron chi connectivity index (χ4n) is 4.68. The number of fused-ring (bicyclic) bond motifs is 1. The Labute approximate surface area is 232 Å². The number of furan rings is 1. The van der Waals surface area contributed by atoms with E-state index in [1.807, 2.05) is 0 Å². The summed E-state index contributed by atoms with van der Waals surface area (Å²) in [4.78, 5) is 43.0. The third-order valence-corrected chi connectivity index (χ3v) is 7.45. The average Bonchev–Trinajstić information content (AvgIpc) is 3.52. The highest BCUT2D eigenvalue weighted by Gasteiger charge is 2.35. The van der Waals surface area contributed by atoms with Crippen molar-refractivity contribution in [3.05, 3.63) is 113 Å². The summed E-state index contributed by atoms with van der Waals surface area (Å²) in [7, 11) is 1.52. The van der Waals surface area contributed by atoms with Gasteiger partial charge in [0.1, 0.15) is 23.3 Å². The fourth-order valence-corrected chi connectivity index (χ4v) is 5.71. The van der Waals surface area contributed by atoms with Gasteiger partial charge in [-0.3, -0.25) is 19.5 Å². The Morgan fingerprint density at radius 3 is 2.70 bits per heavy atom. The Bertz CT molecular complexity index is 1860. The quantitative estimate of drug-likeness (QED) is 0.188. The van der Waals surface area contributed by atoms with Crippen LogP contribution in [0.3, 0.4) is 0 Å². The second-order valence-corrected chi connectivity index (χ2v) is 10.0. The third kappa shape index (κ3) is 4.75. The topological polar surface area (TPSA) is 126 Å². The minimum Gasteiger partial charge on any atom is -0.496 e. The van der Waals surface area contributed by atoms with E-state index in [2.05, 4.69) is 4.99 Å². The molecule has 0 saturated heterocycles. The summed E-state index contributed by atoms with van der Waals surface area (Å²) >= 11 is 1.15. The molecule has 40 heavy (non-hydrogen) atoms. The Kier molecular flexibility index (Phi) is 7.22. The SMILES string of the molecule is CCOC(=O)C1=C(C)N=c2s/c(=C/c3ccc(-c4ccc(C)cc4[N+](=O)[O-])o3)c(=O)n2C1c1ccccc1OC. The molecule has 2 aromatic heterocycles. The molecular weight excluding hydrogens is 534 g/mol. The standard InChI is InChI=1S/C29H25N3O7S/c1-5-38-28(34)25-17(3)30-29-31(26(25)20-8-6-7-9-22(20)37-4)27(33)24(40-29)15-18-11-13-23(39-18)19-12-10-16(2)14-21(19)32(35)36/h6-15,26H,5H2,1-4H3/b24-15+. The van der Waals surface area contributed by atoms with Gasteiger partial charge in [-0.1, -0.05) is 35.6 Å². The van der Waals surface area contributed by atoms with Crippen molar-refractivity contribution in [1.29, 1.82) is 0 Å². The first-order valence-corrected chi connectivity index (χ1v) is 13.2. The Balaban J connectivity index is 1.66. The first-order chi connectivity index (χ1) is 19.2. The predicted molar refractivity (Wildman–Crippen MR) is 149 cm³/mol. The van der Waals surface area contributed by atoms with Crippen LogP contribution in [0.15, 0.2) is 80.1 Å². The first-order valence-electron chi connectivity index (χ1n) is 12.4. The van der Waals surface area contributed by atoms with Crippen LogP contribution in [0.2, 0.25) is 0 Å². The normalized spacial score (nSPS) is 15.0. The second kappa shape index (κ2) is 10.8. The van der Waals surface area contributed by atoms with Crippen molar-refractivity contribution in [2.75, 3.05) is 13.7 Å². The van der Waals surface area contributed by atoms with Gasteiger partial charge < -0.3 is 13.9 Å². The Hall–Kier alpha value is -4.77. The first kappa shape index (κ1) is 26.8. The van der Waals surface area contributed by atoms with Crippen molar-refractivity contribution in [3.63, 3.8) is 0 Å². The molecule has 4 aromatic rings. The zero-order valence-electron chi connectivity index (χ0n) is 22.2. The second-order valence-electron chi connectivity index (χ2n) is 9.02. The smallest absolute Gasteiger partial charge is 0.338 e. The number of hydrogen-bond acceptors (Lipinski definition) is 9. The molecule has 1 atom stereocenters. The molecule has 3 heterocycles. The number of hydrogen-bond donors (Lipinski definition) is 0. The number of carbonyl (C=O) groups excluding carboxylic acids is 1. The minimum atomic E-state index is -0.823. The molecule has 11 heteroatoms. The predicted octanol–water partition coefficient (Wildman–Crippen LogP) is 4.28. The van der Waals surface area contributed by atoms with Crippen molar-refractivity contribution in [3.8, 4) is 17.1 Å². The molecular formula is C29H25N3O7S. The molecule has 10 nitrogen and oxygen atoms in total. The number of rotatable bonds is 7. The number of nitro groups is 1. The zero-order valence-corrected chi connectivity index (χ0v) is 23.0. The van der Waals surface area contributed by atoms with Gasteiger partial charge in [0.05, 0.1) is 40.0 Å². The number of nitro benzene ring substituents is 1. The molecule has 0 aliphatic carbocycles. The molecule has 1 unspecified atom stereocenters. The number of thiazole rings is 1. The number of nitrogens with zero attached hydrogens (tertiary/aromatic N) is 3. The Morgan fingerprint density at radius 2 is 1.98 bits per heavy atom. The van der Waals surface area contributed by atoms with Crippen molar-refractivity contribution >= 4 is 29.1 Å². The summed E-state index contributed by atoms with van der Waals surface area (Å²) in [6, 6.07) is 14.5. The van der Waals surface area contributed by atoms with Gasteiger partial charge in [-0.15, -0.1) is 0 Å². The summed E-state index contributed by atoms with van der Waals surface area (Å²) in [6.07, 6.45) is 1.57. The van der Waals surface area contributed by atoms with Crippen LogP contribution in [0.5, 0.6) is 5.75 Å². The summed E-state index contributed by atoms with van der Waals surface area (Å²) < 4.78 is 18.6. The largest absolute Gasteiger partial charge is 0.496 e. The van der Waals surface area contributed by atoms with E-state index in [-0.39, 0.29) is 23.4 Å². The van der Waals surface area contributed by atoms with Gasteiger partial charge in [0, 0.05) is 17.7 Å². The van der Waals surface area contributed by atoms with Gasteiger partial charge in [-0.2, -0.15) is 0 Å². The van der Waals surface area contributed by atoms with Gasteiger partial charge in [-0.05, 0) is 50.6 Å².